The molecule has 6 heteroatoms. The fourth-order valence-corrected chi connectivity index (χ4v) is 6.26. The van der Waals surface area contributed by atoms with E-state index in [1.807, 2.05) is 23.1 Å². The van der Waals surface area contributed by atoms with Crippen LogP contribution in [-0.4, -0.2) is 43.0 Å². The van der Waals surface area contributed by atoms with E-state index in [0.29, 0.717) is 26.1 Å². The topological polar surface area (TPSA) is 49.9 Å². The fraction of sp³-hybridized carbons (Fsp3) is 0.500. The number of hydrogen-bond acceptors (Lipinski definition) is 4. The van der Waals surface area contributed by atoms with E-state index in [-0.39, 0.29) is 23.3 Å². The summed E-state index contributed by atoms with van der Waals surface area (Å²) in [5.74, 6) is -0.0894. The first-order chi connectivity index (χ1) is 14.5. The van der Waals surface area contributed by atoms with E-state index < -0.39 is 0 Å². The second-order valence-corrected chi connectivity index (χ2v) is 9.78. The van der Waals surface area contributed by atoms with Crippen LogP contribution in [0.4, 0.5) is 5.69 Å². The molecule has 1 atom stereocenters. The lowest BCUT2D eigenvalue weighted by atomic mass is 9.85. The normalized spacial score (nSPS) is 23.1. The van der Waals surface area contributed by atoms with Crippen molar-refractivity contribution in [1.29, 1.82) is 0 Å². The number of nitrogens with zero attached hydrogens (tertiary/aromatic N) is 2. The van der Waals surface area contributed by atoms with Gasteiger partial charge in [-0.3, -0.25) is 9.59 Å². The van der Waals surface area contributed by atoms with E-state index in [1.54, 1.807) is 16.2 Å². The number of anilines is 1. The summed E-state index contributed by atoms with van der Waals surface area (Å²) < 4.78 is 6.27. The van der Waals surface area contributed by atoms with Gasteiger partial charge in [-0.25, -0.2) is 0 Å². The van der Waals surface area contributed by atoms with Crippen LogP contribution in [0.2, 0.25) is 0 Å². The van der Waals surface area contributed by atoms with E-state index in [1.165, 1.54) is 16.0 Å². The Labute approximate surface area is 181 Å². The van der Waals surface area contributed by atoms with Crippen LogP contribution in [0, 0.1) is 19.8 Å². The molecular weight excluding hydrogens is 396 g/mol. The third-order valence-corrected chi connectivity index (χ3v) is 8.21. The van der Waals surface area contributed by atoms with Crippen LogP contribution < -0.4 is 4.90 Å². The number of rotatable bonds is 2. The Morgan fingerprint density at radius 3 is 2.73 bits per heavy atom. The summed E-state index contributed by atoms with van der Waals surface area (Å²) in [6.07, 6.45) is 2.97. The highest BCUT2D eigenvalue weighted by atomic mass is 32.1. The van der Waals surface area contributed by atoms with Crippen molar-refractivity contribution in [3.8, 4) is 0 Å². The highest BCUT2D eigenvalue weighted by Gasteiger charge is 2.44. The quantitative estimate of drug-likeness (QED) is 0.737. The average molecular weight is 425 g/mol. The van der Waals surface area contributed by atoms with Gasteiger partial charge in [0.1, 0.15) is 5.60 Å². The summed E-state index contributed by atoms with van der Waals surface area (Å²) in [5, 5.41) is 2.16. The number of ether oxygens (including phenoxy) is 1. The van der Waals surface area contributed by atoms with Crippen LogP contribution >= 0.6 is 11.3 Å². The minimum absolute atomic E-state index is 0.0453. The zero-order valence-corrected chi connectivity index (χ0v) is 18.5. The summed E-state index contributed by atoms with van der Waals surface area (Å²) in [5.41, 5.74) is 4.47. The molecule has 3 aliphatic heterocycles. The van der Waals surface area contributed by atoms with Crippen LogP contribution in [0.3, 0.4) is 0 Å². The number of piperidine rings is 1. The molecule has 0 aliphatic carbocycles. The highest BCUT2D eigenvalue weighted by Crippen LogP contribution is 2.44. The van der Waals surface area contributed by atoms with E-state index >= 15 is 0 Å². The first-order valence-electron chi connectivity index (χ1n) is 10.8. The smallest absolute Gasteiger partial charge is 0.228 e. The van der Waals surface area contributed by atoms with Gasteiger partial charge in [0, 0.05) is 36.6 Å². The van der Waals surface area contributed by atoms with Crippen molar-refractivity contribution in [2.24, 2.45) is 5.92 Å². The van der Waals surface area contributed by atoms with Gasteiger partial charge >= 0.3 is 0 Å². The number of hydrogen-bond donors (Lipinski definition) is 0. The Bertz CT molecular complexity index is 990. The molecule has 0 bridgehead atoms. The SMILES string of the molecule is Cc1ccc(N2CC(C(=O)N3CCC4(CC3)OCCc3ccsc34)CC2=O)cc1C. The van der Waals surface area contributed by atoms with Crippen molar-refractivity contribution in [3.05, 3.63) is 51.2 Å². The van der Waals surface area contributed by atoms with Gasteiger partial charge in [0.2, 0.25) is 11.8 Å². The van der Waals surface area contributed by atoms with Gasteiger partial charge in [-0.15, -0.1) is 11.3 Å². The Morgan fingerprint density at radius 1 is 1.17 bits per heavy atom. The number of likely N-dealkylation sites (tertiary alicyclic amines) is 1. The second kappa shape index (κ2) is 7.50. The summed E-state index contributed by atoms with van der Waals surface area (Å²) in [4.78, 5) is 31.0. The number of fused-ring (bicyclic) bond motifs is 2. The Hall–Kier alpha value is -2.18. The van der Waals surface area contributed by atoms with Gasteiger partial charge in [0.05, 0.1) is 12.5 Å². The highest BCUT2D eigenvalue weighted by molar-refractivity contribution is 7.10. The molecule has 158 valence electrons. The molecule has 5 rings (SSSR count). The van der Waals surface area contributed by atoms with Crippen molar-refractivity contribution in [3.63, 3.8) is 0 Å². The summed E-state index contributed by atoms with van der Waals surface area (Å²) >= 11 is 1.79. The molecule has 1 aromatic carbocycles. The van der Waals surface area contributed by atoms with Gasteiger partial charge in [-0.05, 0) is 73.4 Å². The van der Waals surface area contributed by atoms with E-state index in [2.05, 4.69) is 25.3 Å². The zero-order chi connectivity index (χ0) is 20.9. The van der Waals surface area contributed by atoms with Crippen LogP contribution in [-0.2, 0) is 26.3 Å². The van der Waals surface area contributed by atoms with Gasteiger partial charge < -0.3 is 14.5 Å². The molecule has 0 N–H and O–H groups in total. The standard InChI is InChI=1S/C24H28N2O3S/c1-16-3-4-20(13-17(16)2)26-15-19(14-21(26)27)23(28)25-9-7-24(8-10-25)22-18(5-11-29-24)6-12-30-22/h3-4,6,12-13,19H,5,7-11,14-15H2,1-2H3. The number of carbonyl (C=O) groups excluding carboxylic acids is 2. The maximum atomic E-state index is 13.2. The van der Waals surface area contributed by atoms with Gasteiger partial charge in [0.25, 0.3) is 0 Å². The summed E-state index contributed by atoms with van der Waals surface area (Å²) in [7, 11) is 0. The van der Waals surface area contributed by atoms with Gasteiger partial charge in [-0.2, -0.15) is 0 Å². The van der Waals surface area contributed by atoms with Crippen molar-refractivity contribution in [2.75, 3.05) is 31.1 Å². The average Bonchev–Trinajstić information content (AvgIpc) is 3.38. The number of thiophene rings is 1. The molecule has 0 saturated carbocycles. The predicted octanol–water partition coefficient (Wildman–Crippen LogP) is 3.81. The van der Waals surface area contributed by atoms with E-state index in [0.717, 1.165) is 37.1 Å². The molecule has 30 heavy (non-hydrogen) atoms. The van der Waals surface area contributed by atoms with E-state index in [4.69, 9.17) is 4.74 Å². The minimum atomic E-state index is -0.252. The molecule has 2 aromatic rings. The molecule has 1 aromatic heterocycles. The maximum absolute atomic E-state index is 13.2. The first kappa shape index (κ1) is 19.8. The van der Waals surface area contributed by atoms with Crippen LogP contribution in [0.25, 0.3) is 0 Å². The van der Waals surface area contributed by atoms with Crippen molar-refractivity contribution in [2.45, 2.75) is 45.1 Å². The Balaban J connectivity index is 1.26. The fourth-order valence-electron chi connectivity index (χ4n) is 5.09. The summed E-state index contributed by atoms with van der Waals surface area (Å²) in [6, 6.07) is 8.29. The molecule has 5 nitrogen and oxygen atoms in total. The molecule has 2 fully saturated rings. The lowest BCUT2D eigenvalue weighted by molar-refractivity contribution is -0.144. The number of aryl methyl sites for hydroxylation is 2. The first-order valence-corrected chi connectivity index (χ1v) is 11.7. The van der Waals surface area contributed by atoms with Gasteiger partial charge in [-0.1, -0.05) is 6.07 Å². The number of amides is 2. The maximum Gasteiger partial charge on any atom is 0.228 e. The molecule has 2 amide bonds. The molecular formula is C24H28N2O3S. The lowest BCUT2D eigenvalue weighted by Gasteiger charge is -2.44. The molecule has 4 heterocycles. The molecule has 2 saturated heterocycles. The summed E-state index contributed by atoms with van der Waals surface area (Å²) in [6.45, 7) is 6.76. The zero-order valence-electron chi connectivity index (χ0n) is 17.6. The Morgan fingerprint density at radius 2 is 1.97 bits per heavy atom. The molecule has 1 spiro atoms. The third kappa shape index (κ3) is 3.26. The monoisotopic (exact) mass is 424 g/mol. The van der Waals surface area contributed by atoms with Crippen LogP contribution in [0.1, 0.15) is 40.8 Å². The van der Waals surface area contributed by atoms with Crippen LogP contribution in [0.5, 0.6) is 0 Å². The second-order valence-electron chi connectivity index (χ2n) is 8.87. The number of benzene rings is 1. The van der Waals surface area contributed by atoms with Crippen molar-refractivity contribution < 1.29 is 14.3 Å². The Kier molecular flexibility index (Phi) is 4.94. The largest absolute Gasteiger partial charge is 0.369 e. The van der Waals surface area contributed by atoms with Gasteiger partial charge in [0.15, 0.2) is 0 Å². The molecule has 1 unspecified atom stereocenters. The lowest BCUT2D eigenvalue weighted by Crippen LogP contribution is -2.49. The van der Waals surface area contributed by atoms with Crippen molar-refractivity contribution >= 4 is 28.8 Å². The molecule has 3 aliphatic rings. The predicted molar refractivity (Wildman–Crippen MR) is 118 cm³/mol. The third-order valence-electron chi connectivity index (χ3n) is 7.07. The van der Waals surface area contributed by atoms with E-state index in [9.17, 15) is 9.59 Å². The van der Waals surface area contributed by atoms with Crippen molar-refractivity contribution in [1.82, 2.24) is 4.90 Å². The number of carbonyl (C=O) groups is 2. The van der Waals surface area contributed by atoms with Crippen LogP contribution in [0.15, 0.2) is 29.6 Å². The minimum Gasteiger partial charge on any atom is -0.369 e. The molecule has 0 radical (unpaired) electrons.